The number of halogens is 2. The fourth-order valence-corrected chi connectivity index (χ4v) is 2.17. The molecule has 2 rings (SSSR count). The zero-order valence-corrected chi connectivity index (χ0v) is 8.89. The van der Waals surface area contributed by atoms with Gasteiger partial charge in [-0.25, -0.2) is 0 Å². The molecule has 1 aliphatic rings. The molecule has 0 atom stereocenters. The Bertz CT molecular complexity index is 392. The second kappa shape index (κ2) is 3.20. The lowest BCUT2D eigenvalue weighted by Gasteiger charge is -2.00. The van der Waals surface area contributed by atoms with Gasteiger partial charge in [-0.2, -0.15) is 5.10 Å². The van der Waals surface area contributed by atoms with E-state index in [2.05, 4.69) is 21.0 Å². The van der Waals surface area contributed by atoms with Crippen molar-refractivity contribution in [2.75, 3.05) is 6.61 Å². The molecular weight excluding hydrogens is 255 g/mol. The monoisotopic (exact) mass is 260 g/mol. The van der Waals surface area contributed by atoms with E-state index in [1.165, 1.54) is 0 Å². The summed E-state index contributed by atoms with van der Waals surface area (Å²) in [5.74, 6) is 5.96. The number of ether oxygens (including phenoxy) is 1. The van der Waals surface area contributed by atoms with Gasteiger partial charge in [-0.05, 0) is 28.1 Å². The second-order valence-electron chi connectivity index (χ2n) is 2.63. The first-order chi connectivity index (χ1) is 6.22. The van der Waals surface area contributed by atoms with E-state index in [0.29, 0.717) is 11.6 Å². The third-order valence-electron chi connectivity index (χ3n) is 1.83. The Labute approximate surface area is 88.6 Å². The third-order valence-corrected chi connectivity index (χ3v) is 2.64. The Morgan fingerprint density at radius 2 is 2.31 bits per heavy atom. The molecule has 0 saturated carbocycles. The molecule has 5 heteroatoms. The van der Waals surface area contributed by atoms with Crippen molar-refractivity contribution < 1.29 is 4.74 Å². The van der Waals surface area contributed by atoms with Crippen molar-refractivity contribution in [1.82, 2.24) is 0 Å². The van der Waals surface area contributed by atoms with Gasteiger partial charge in [0.15, 0.2) is 0 Å². The van der Waals surface area contributed by atoms with Crippen LogP contribution in [0.2, 0.25) is 5.02 Å². The molecule has 0 bridgehead atoms. The van der Waals surface area contributed by atoms with Gasteiger partial charge in [0.25, 0.3) is 0 Å². The number of hydrazone groups is 1. The highest BCUT2D eigenvalue weighted by atomic mass is 79.9. The van der Waals surface area contributed by atoms with Crippen molar-refractivity contribution in [1.29, 1.82) is 0 Å². The molecule has 0 aromatic heterocycles. The van der Waals surface area contributed by atoms with E-state index >= 15 is 0 Å². The summed E-state index contributed by atoms with van der Waals surface area (Å²) in [4.78, 5) is 0. The predicted molar refractivity (Wildman–Crippen MR) is 55.4 cm³/mol. The molecule has 0 radical (unpaired) electrons. The smallest absolute Gasteiger partial charge is 0.143 e. The van der Waals surface area contributed by atoms with Crippen LogP contribution in [0.4, 0.5) is 0 Å². The van der Waals surface area contributed by atoms with Gasteiger partial charge in [-0.15, -0.1) is 0 Å². The van der Waals surface area contributed by atoms with Crippen LogP contribution in [0.5, 0.6) is 5.75 Å². The highest BCUT2D eigenvalue weighted by Crippen LogP contribution is 2.36. The zero-order valence-electron chi connectivity index (χ0n) is 6.55. The average Bonchev–Trinajstić information content (AvgIpc) is 2.47. The summed E-state index contributed by atoms with van der Waals surface area (Å²) < 4.78 is 6.20. The van der Waals surface area contributed by atoms with Crippen molar-refractivity contribution in [3.8, 4) is 5.75 Å². The molecule has 0 aliphatic carbocycles. The fraction of sp³-hybridized carbons (Fsp3) is 0.125. The van der Waals surface area contributed by atoms with Crippen LogP contribution < -0.4 is 10.6 Å². The molecule has 0 fully saturated rings. The van der Waals surface area contributed by atoms with E-state index in [1.54, 1.807) is 12.1 Å². The molecule has 1 aromatic carbocycles. The highest BCUT2D eigenvalue weighted by Gasteiger charge is 2.22. The number of rotatable bonds is 0. The van der Waals surface area contributed by atoms with Crippen LogP contribution in [0.3, 0.4) is 0 Å². The molecule has 1 heterocycles. The molecule has 1 aromatic rings. The molecule has 0 spiro atoms. The van der Waals surface area contributed by atoms with E-state index in [0.717, 1.165) is 21.5 Å². The van der Waals surface area contributed by atoms with Crippen LogP contribution in [0.25, 0.3) is 0 Å². The van der Waals surface area contributed by atoms with Crippen LogP contribution in [0.15, 0.2) is 21.7 Å². The summed E-state index contributed by atoms with van der Waals surface area (Å²) in [6.07, 6.45) is 0. The maximum Gasteiger partial charge on any atom is 0.143 e. The Morgan fingerprint density at radius 1 is 1.54 bits per heavy atom. The minimum atomic E-state index is 0.408. The van der Waals surface area contributed by atoms with E-state index in [4.69, 9.17) is 22.2 Å². The molecule has 13 heavy (non-hydrogen) atoms. The van der Waals surface area contributed by atoms with Crippen molar-refractivity contribution in [2.24, 2.45) is 10.9 Å². The predicted octanol–water partition coefficient (Wildman–Crippen LogP) is 2.16. The topological polar surface area (TPSA) is 47.6 Å². The lowest BCUT2D eigenvalue weighted by Crippen LogP contribution is -2.04. The first kappa shape index (κ1) is 8.84. The number of hydrogen-bond acceptors (Lipinski definition) is 3. The Kier molecular flexibility index (Phi) is 2.17. The quantitative estimate of drug-likeness (QED) is 0.575. The van der Waals surface area contributed by atoms with Gasteiger partial charge in [0.05, 0.1) is 4.47 Å². The van der Waals surface area contributed by atoms with Crippen LogP contribution in [0.1, 0.15) is 5.56 Å². The van der Waals surface area contributed by atoms with E-state index in [1.807, 2.05) is 0 Å². The minimum absolute atomic E-state index is 0.408. The van der Waals surface area contributed by atoms with Gasteiger partial charge >= 0.3 is 0 Å². The minimum Gasteiger partial charge on any atom is -0.485 e. The molecule has 68 valence electrons. The van der Waals surface area contributed by atoms with Gasteiger partial charge in [-0.3, -0.25) is 0 Å². The fourth-order valence-electron chi connectivity index (χ4n) is 1.25. The van der Waals surface area contributed by atoms with Gasteiger partial charge in [0.2, 0.25) is 0 Å². The van der Waals surface area contributed by atoms with E-state index < -0.39 is 0 Å². The molecule has 0 saturated heterocycles. The maximum atomic E-state index is 5.87. The van der Waals surface area contributed by atoms with E-state index in [9.17, 15) is 0 Å². The average molecular weight is 262 g/mol. The molecule has 1 aliphatic heterocycles. The van der Waals surface area contributed by atoms with Crippen molar-refractivity contribution >= 4 is 33.2 Å². The van der Waals surface area contributed by atoms with Gasteiger partial charge in [0, 0.05) is 10.6 Å². The Morgan fingerprint density at radius 3 is 3.00 bits per heavy atom. The molecule has 0 unspecified atom stereocenters. The van der Waals surface area contributed by atoms with Gasteiger partial charge in [0.1, 0.15) is 18.1 Å². The summed E-state index contributed by atoms with van der Waals surface area (Å²) in [6.45, 7) is 0.408. The van der Waals surface area contributed by atoms with Crippen LogP contribution >= 0.6 is 27.5 Å². The Balaban J connectivity index is 2.64. The molecule has 0 amide bonds. The van der Waals surface area contributed by atoms with Gasteiger partial charge < -0.3 is 10.6 Å². The van der Waals surface area contributed by atoms with Crippen molar-refractivity contribution in [3.63, 3.8) is 0 Å². The number of fused-ring (bicyclic) bond motifs is 1. The normalized spacial score (nSPS) is 17.2. The summed E-state index contributed by atoms with van der Waals surface area (Å²) in [5.41, 5.74) is 1.58. The number of hydrogen-bond donors (Lipinski definition) is 1. The Hall–Kier alpha value is -0.740. The highest BCUT2D eigenvalue weighted by molar-refractivity contribution is 9.10. The third kappa shape index (κ3) is 1.40. The molecular formula is C8H6BrClN2O. The maximum absolute atomic E-state index is 5.87. The lowest BCUT2D eigenvalue weighted by atomic mass is 10.1. The lowest BCUT2D eigenvalue weighted by molar-refractivity contribution is 0.390. The summed E-state index contributed by atoms with van der Waals surface area (Å²) in [6, 6.07) is 3.57. The number of benzene rings is 1. The van der Waals surface area contributed by atoms with Crippen molar-refractivity contribution in [3.05, 3.63) is 27.2 Å². The van der Waals surface area contributed by atoms with E-state index in [-0.39, 0.29) is 0 Å². The SMILES string of the molecule is N/N=C1/COc2c(Br)cc(Cl)cc21. The number of nitrogens with zero attached hydrogens (tertiary/aromatic N) is 1. The number of nitrogens with two attached hydrogens (primary N) is 1. The van der Waals surface area contributed by atoms with Gasteiger partial charge in [-0.1, -0.05) is 11.6 Å². The van der Waals surface area contributed by atoms with Crippen LogP contribution in [0, 0.1) is 0 Å². The van der Waals surface area contributed by atoms with Crippen LogP contribution in [-0.2, 0) is 0 Å². The molecule has 2 N–H and O–H groups in total. The first-order valence-corrected chi connectivity index (χ1v) is 4.78. The molecule has 3 nitrogen and oxygen atoms in total. The van der Waals surface area contributed by atoms with Crippen molar-refractivity contribution in [2.45, 2.75) is 0 Å². The zero-order chi connectivity index (χ0) is 9.42. The largest absolute Gasteiger partial charge is 0.485 e. The first-order valence-electron chi connectivity index (χ1n) is 3.61. The second-order valence-corrected chi connectivity index (χ2v) is 3.92. The summed E-state index contributed by atoms with van der Waals surface area (Å²) in [5, 5.41) is 4.26. The summed E-state index contributed by atoms with van der Waals surface area (Å²) >= 11 is 9.22. The standard InChI is InChI=1S/C8H6BrClN2O/c9-6-2-4(10)1-5-7(12-11)3-13-8(5)6/h1-2H,3,11H2/b12-7-. The van der Waals surface area contributed by atoms with Crippen LogP contribution in [-0.4, -0.2) is 12.3 Å². The summed E-state index contributed by atoms with van der Waals surface area (Å²) in [7, 11) is 0.